The van der Waals surface area contributed by atoms with E-state index in [4.69, 9.17) is 0 Å². The molecule has 0 bridgehead atoms. The molecular formula is C65H48N6. The first kappa shape index (κ1) is 39.9. The molecular weight excluding hydrogens is 865 g/mol. The molecule has 0 fully saturated rings. The van der Waals surface area contributed by atoms with Crippen molar-refractivity contribution in [1.29, 1.82) is 0 Å². The minimum Gasteiger partial charge on any atom is -0.359 e. The van der Waals surface area contributed by atoms with E-state index in [0.717, 1.165) is 34.1 Å². The van der Waals surface area contributed by atoms with Crippen LogP contribution in [-0.2, 0) is 5.41 Å². The average Bonchev–Trinajstić information content (AvgIpc) is 4.21. The van der Waals surface area contributed by atoms with Crippen molar-refractivity contribution < 1.29 is 0 Å². The highest BCUT2D eigenvalue weighted by Crippen LogP contribution is 2.59. The van der Waals surface area contributed by atoms with E-state index in [1.807, 2.05) is 0 Å². The molecule has 4 heterocycles. The van der Waals surface area contributed by atoms with Crippen LogP contribution in [0.1, 0.15) is 48.4 Å². The molecule has 1 aliphatic carbocycles. The fourth-order valence-corrected chi connectivity index (χ4v) is 12.4. The molecule has 71 heavy (non-hydrogen) atoms. The van der Waals surface area contributed by atoms with Crippen molar-refractivity contribution in [2.75, 3.05) is 20.4 Å². The summed E-state index contributed by atoms with van der Waals surface area (Å²) in [5.74, 6) is 0. The summed E-state index contributed by atoms with van der Waals surface area (Å²) in [6.07, 6.45) is -0.200. The Morgan fingerprint density at radius 2 is 0.704 bits per heavy atom. The molecule has 2 aliphatic heterocycles. The maximum absolute atomic E-state index is 4.05. The van der Waals surface area contributed by atoms with Gasteiger partial charge in [-0.2, -0.15) is 0 Å². The van der Waals surface area contributed by atoms with Crippen LogP contribution >= 0.6 is 0 Å². The third kappa shape index (κ3) is 5.82. The van der Waals surface area contributed by atoms with Gasteiger partial charge in [0, 0.05) is 49.7 Å². The van der Waals surface area contributed by atoms with E-state index >= 15 is 0 Å². The molecule has 10 aromatic carbocycles. The number of hydrogen-bond donors (Lipinski definition) is 2. The Labute approximate surface area is 412 Å². The predicted octanol–water partition coefficient (Wildman–Crippen LogP) is 16.7. The monoisotopic (exact) mass is 912 g/mol. The zero-order valence-electron chi connectivity index (χ0n) is 39.4. The molecule has 6 nitrogen and oxygen atoms in total. The first-order valence-corrected chi connectivity index (χ1v) is 24.7. The summed E-state index contributed by atoms with van der Waals surface area (Å²) in [5, 5.41) is 13.0. The van der Waals surface area contributed by atoms with Gasteiger partial charge in [0.05, 0.1) is 44.8 Å². The summed E-state index contributed by atoms with van der Waals surface area (Å²) in [6, 6.07) is 84.7. The quantitative estimate of drug-likeness (QED) is 0.174. The lowest BCUT2D eigenvalue weighted by atomic mass is 9.82. The van der Waals surface area contributed by atoms with Crippen molar-refractivity contribution in [3.05, 3.63) is 253 Å². The second-order valence-electron chi connectivity index (χ2n) is 19.9. The number of nitrogens with zero attached hydrogens (tertiary/aromatic N) is 4. The first-order valence-electron chi connectivity index (χ1n) is 24.7. The third-order valence-corrected chi connectivity index (χ3v) is 15.7. The van der Waals surface area contributed by atoms with Crippen molar-refractivity contribution >= 4 is 77.7 Å². The van der Waals surface area contributed by atoms with Crippen LogP contribution in [0.15, 0.2) is 231 Å². The van der Waals surface area contributed by atoms with E-state index in [1.54, 1.807) is 0 Å². The highest BCUT2D eigenvalue weighted by atomic mass is 15.3. The molecule has 12 aromatic rings. The van der Waals surface area contributed by atoms with Crippen molar-refractivity contribution in [1.82, 2.24) is 9.13 Å². The van der Waals surface area contributed by atoms with Crippen molar-refractivity contribution in [3.63, 3.8) is 0 Å². The topological polar surface area (TPSA) is 40.4 Å². The summed E-state index contributed by atoms with van der Waals surface area (Å²) in [4.78, 5) is 5.05. The van der Waals surface area contributed by atoms with E-state index < -0.39 is 0 Å². The lowest BCUT2D eigenvalue weighted by Crippen LogP contribution is -2.24. The van der Waals surface area contributed by atoms with Crippen LogP contribution in [0.3, 0.4) is 0 Å². The number of aromatic nitrogens is 2. The molecule has 0 amide bonds. The Balaban J connectivity index is 0.877. The largest absolute Gasteiger partial charge is 0.359 e. The summed E-state index contributed by atoms with van der Waals surface area (Å²) < 4.78 is 4.79. The molecule has 2 N–H and O–H groups in total. The predicted molar refractivity (Wildman–Crippen MR) is 295 cm³/mol. The smallest absolute Gasteiger partial charge is 0.130 e. The highest BCUT2D eigenvalue weighted by Gasteiger charge is 2.43. The van der Waals surface area contributed by atoms with Gasteiger partial charge in [-0.3, -0.25) is 0 Å². The Kier molecular flexibility index (Phi) is 8.44. The van der Waals surface area contributed by atoms with Crippen molar-refractivity contribution in [2.45, 2.75) is 31.6 Å². The lowest BCUT2D eigenvalue weighted by molar-refractivity contribution is 0.660. The zero-order chi connectivity index (χ0) is 47.0. The van der Waals surface area contributed by atoms with Crippen LogP contribution in [0.4, 0.5) is 34.1 Å². The molecule has 6 heteroatoms. The molecule has 0 saturated carbocycles. The van der Waals surface area contributed by atoms with E-state index in [1.165, 1.54) is 88.4 Å². The number of rotatable bonds is 6. The van der Waals surface area contributed by atoms with Gasteiger partial charge in [-0.1, -0.05) is 147 Å². The van der Waals surface area contributed by atoms with Gasteiger partial charge in [-0.05, 0) is 130 Å². The van der Waals surface area contributed by atoms with Gasteiger partial charge in [0.1, 0.15) is 12.3 Å². The molecule has 2 atom stereocenters. The molecule has 2 unspecified atom stereocenters. The first-order chi connectivity index (χ1) is 35.0. The van der Waals surface area contributed by atoms with Crippen LogP contribution in [-0.4, -0.2) is 9.13 Å². The molecule has 0 saturated heterocycles. The number of nitrogens with one attached hydrogen (secondary N) is 2. The van der Waals surface area contributed by atoms with E-state index in [9.17, 15) is 0 Å². The fraction of sp³-hybridized carbons (Fsp3) is 0.0769. The number of hydrogen-bond acceptors (Lipinski definition) is 4. The highest BCUT2D eigenvalue weighted by molar-refractivity contribution is 6.12. The number of anilines is 6. The summed E-state index contributed by atoms with van der Waals surface area (Å²) in [7, 11) is 0. The zero-order valence-corrected chi connectivity index (χ0v) is 39.4. The average molecular weight is 913 g/mol. The Bertz CT molecular complexity index is 3830. The molecule has 338 valence electrons. The molecule has 15 rings (SSSR count). The van der Waals surface area contributed by atoms with Gasteiger partial charge >= 0.3 is 0 Å². The Morgan fingerprint density at radius 1 is 0.338 bits per heavy atom. The Morgan fingerprint density at radius 3 is 1.13 bits per heavy atom. The fourth-order valence-electron chi connectivity index (χ4n) is 12.4. The lowest BCUT2D eigenvalue weighted by Gasteiger charge is -2.29. The molecule has 0 spiro atoms. The standard InChI is InChI=1S/C65H48N6/c1-65(2)53-39-61-55(66-63(41-19-7-3-8-20-41)70(61)45-31-33-59-51(35-45)47-27-15-17-29-57(47)68(59)43-23-11-5-12-24-43)37-49(53)50-38-56-62(40-54(50)65)71(64(67-56)42-21-9-4-10-22-42)46-32-34-60-52(36-46)48-28-16-18-30-58(48)69(60)44-25-13-6-14-26-44/h3-40,63-64,66-67H,1-2H3. The van der Waals surface area contributed by atoms with Crippen LogP contribution in [0.2, 0.25) is 0 Å². The minimum absolute atomic E-state index is 0.0998. The third-order valence-electron chi connectivity index (χ3n) is 15.7. The molecule has 3 aliphatic rings. The van der Waals surface area contributed by atoms with Gasteiger partial charge < -0.3 is 29.6 Å². The number of fused-ring (bicyclic) bond motifs is 11. The molecule has 0 radical (unpaired) electrons. The van der Waals surface area contributed by atoms with Gasteiger partial charge in [-0.25, -0.2) is 0 Å². The second-order valence-corrected chi connectivity index (χ2v) is 19.9. The molecule has 2 aromatic heterocycles. The van der Waals surface area contributed by atoms with Crippen LogP contribution in [0.5, 0.6) is 0 Å². The van der Waals surface area contributed by atoms with Gasteiger partial charge in [0.15, 0.2) is 0 Å². The summed E-state index contributed by atoms with van der Waals surface area (Å²) in [5.41, 5.74) is 21.4. The van der Waals surface area contributed by atoms with Crippen molar-refractivity contribution in [2.24, 2.45) is 0 Å². The van der Waals surface area contributed by atoms with E-state index in [0.29, 0.717) is 0 Å². The maximum Gasteiger partial charge on any atom is 0.130 e. The van der Waals surface area contributed by atoms with Gasteiger partial charge in [-0.15, -0.1) is 0 Å². The van der Waals surface area contributed by atoms with E-state index in [2.05, 4.69) is 274 Å². The second kappa shape index (κ2) is 15.0. The number of para-hydroxylation sites is 4. The van der Waals surface area contributed by atoms with Crippen LogP contribution in [0.25, 0.3) is 66.1 Å². The van der Waals surface area contributed by atoms with Crippen molar-refractivity contribution in [3.8, 4) is 22.5 Å². The summed E-state index contributed by atoms with van der Waals surface area (Å²) >= 11 is 0. The van der Waals surface area contributed by atoms with Gasteiger partial charge in [0.2, 0.25) is 0 Å². The minimum atomic E-state index is -0.290. The van der Waals surface area contributed by atoms with Crippen LogP contribution in [0, 0.1) is 0 Å². The van der Waals surface area contributed by atoms with Gasteiger partial charge in [0.25, 0.3) is 0 Å². The number of benzene rings is 10. The Hall–Kier alpha value is -9.00. The normalized spacial score (nSPS) is 16.3. The van der Waals surface area contributed by atoms with Crippen LogP contribution < -0.4 is 20.4 Å². The maximum atomic E-state index is 4.05. The van der Waals surface area contributed by atoms with E-state index in [-0.39, 0.29) is 17.7 Å². The SMILES string of the molecule is CC1(C)c2cc3c(cc2-c2cc4c(cc21)N(c1ccc2c(c1)c1ccccc1n2-c1ccccc1)C(c1ccccc1)N4)NC(c1ccccc1)N3c1ccc2c(c1)c1ccccc1n2-c1ccccc1. The summed E-state index contributed by atoms with van der Waals surface area (Å²) in [6.45, 7) is 4.82.